The molecule has 0 aliphatic rings. The molecule has 0 spiro atoms. The van der Waals surface area contributed by atoms with Gasteiger partial charge in [0.25, 0.3) is 0 Å². The summed E-state index contributed by atoms with van der Waals surface area (Å²) in [6, 6.07) is 32.0. The summed E-state index contributed by atoms with van der Waals surface area (Å²) in [5.41, 5.74) is 1.27. The number of carbonyl (C=O) groups is 2. The van der Waals surface area contributed by atoms with Crippen LogP contribution in [0.2, 0.25) is 0 Å². The first-order valence-corrected chi connectivity index (χ1v) is 14.7. The summed E-state index contributed by atoms with van der Waals surface area (Å²) < 4.78 is 10.7. The van der Waals surface area contributed by atoms with Crippen LogP contribution in [0.5, 0.6) is 11.5 Å². The number of ketones is 2. The summed E-state index contributed by atoms with van der Waals surface area (Å²) in [6.07, 6.45) is 0.251. The molecule has 0 saturated carbocycles. The van der Waals surface area contributed by atoms with E-state index in [0.717, 1.165) is 11.1 Å². The van der Waals surface area contributed by atoms with E-state index >= 15 is 0 Å². The number of fused-ring (bicyclic) bond motifs is 2. The predicted octanol–water partition coefficient (Wildman–Crippen LogP) is 6.57. The molecule has 6 rings (SSSR count). The van der Waals surface area contributed by atoms with Crippen molar-refractivity contribution in [1.82, 2.24) is 0 Å². The molecule has 234 valence electrons. The first-order valence-electron chi connectivity index (χ1n) is 14.7. The molecule has 0 aliphatic carbocycles. The third-order valence-electron chi connectivity index (χ3n) is 7.72. The maximum absolute atomic E-state index is 12.4. The molecule has 0 fully saturated rings. The molecular formula is C38H33NaO8. The van der Waals surface area contributed by atoms with Crippen molar-refractivity contribution in [1.29, 1.82) is 0 Å². The summed E-state index contributed by atoms with van der Waals surface area (Å²) >= 11 is 0. The van der Waals surface area contributed by atoms with Crippen molar-refractivity contribution in [2.75, 3.05) is 0 Å². The van der Waals surface area contributed by atoms with Gasteiger partial charge in [-0.1, -0.05) is 84.9 Å². The van der Waals surface area contributed by atoms with Crippen molar-refractivity contribution in [3.63, 3.8) is 0 Å². The fourth-order valence-electron chi connectivity index (χ4n) is 5.63. The molecule has 0 radical (unpaired) electrons. The molecule has 0 bridgehead atoms. The zero-order chi connectivity index (χ0) is 32.8. The standard InChI is InChI=1S/2C19H16O4.Na.H/c2*1-12(20)11-15(13-7-3-2-4-8-13)17-18(21)14-9-5-6-10-16(14)23-19(17)22;;/h2*2-10,15,21H,11H2,1H3;;. The maximum atomic E-state index is 12.4. The Labute approximate surface area is 292 Å². The van der Waals surface area contributed by atoms with Crippen LogP contribution in [0.1, 0.15) is 60.8 Å². The van der Waals surface area contributed by atoms with Gasteiger partial charge < -0.3 is 19.0 Å². The third-order valence-corrected chi connectivity index (χ3v) is 7.72. The minimum absolute atomic E-state index is 0. The van der Waals surface area contributed by atoms with Gasteiger partial charge in [-0.05, 0) is 49.2 Å². The topological polar surface area (TPSA) is 135 Å². The van der Waals surface area contributed by atoms with Crippen LogP contribution in [0, 0.1) is 0 Å². The van der Waals surface area contributed by atoms with Crippen molar-refractivity contribution in [3.8, 4) is 11.5 Å². The average Bonchev–Trinajstić information content (AvgIpc) is 3.04. The fraction of sp³-hybridized carbons (Fsp3) is 0.158. The predicted molar refractivity (Wildman–Crippen MR) is 183 cm³/mol. The molecule has 0 aliphatic heterocycles. The molecular weight excluding hydrogens is 607 g/mol. The summed E-state index contributed by atoms with van der Waals surface area (Å²) in [6.45, 7) is 2.94. The molecule has 2 aromatic heterocycles. The zero-order valence-corrected chi connectivity index (χ0v) is 25.3. The number of carbonyl (C=O) groups excluding carboxylic acids is 2. The number of Topliss-reactive ketones (excluding diaryl/α,β-unsaturated/α-hetero) is 2. The van der Waals surface area contributed by atoms with Gasteiger partial charge in [-0.2, -0.15) is 0 Å². The number of para-hydroxylation sites is 2. The zero-order valence-electron chi connectivity index (χ0n) is 25.3. The van der Waals surface area contributed by atoms with Crippen molar-refractivity contribution in [2.45, 2.75) is 38.5 Å². The van der Waals surface area contributed by atoms with E-state index in [1.807, 2.05) is 60.7 Å². The van der Waals surface area contributed by atoms with Gasteiger partial charge in [0.2, 0.25) is 0 Å². The normalized spacial score (nSPS) is 12.0. The van der Waals surface area contributed by atoms with E-state index in [2.05, 4.69) is 0 Å². The van der Waals surface area contributed by atoms with Crippen molar-refractivity contribution in [2.24, 2.45) is 0 Å². The molecule has 2 unspecified atom stereocenters. The van der Waals surface area contributed by atoms with Crippen LogP contribution in [0.4, 0.5) is 0 Å². The van der Waals surface area contributed by atoms with E-state index in [9.17, 15) is 29.4 Å². The van der Waals surface area contributed by atoms with Gasteiger partial charge in [0.15, 0.2) is 0 Å². The van der Waals surface area contributed by atoms with E-state index in [1.165, 1.54) is 13.8 Å². The van der Waals surface area contributed by atoms with Crippen LogP contribution in [0.15, 0.2) is 128 Å². The van der Waals surface area contributed by atoms with E-state index in [1.54, 1.807) is 48.5 Å². The van der Waals surface area contributed by atoms with Crippen LogP contribution >= 0.6 is 0 Å². The summed E-state index contributed by atoms with van der Waals surface area (Å²) in [5.74, 6) is -1.43. The van der Waals surface area contributed by atoms with Crippen LogP contribution in [0.3, 0.4) is 0 Å². The van der Waals surface area contributed by atoms with E-state index in [0.29, 0.717) is 21.9 Å². The molecule has 2 N–H and O–H groups in total. The quantitative estimate of drug-likeness (QED) is 0.141. The molecule has 47 heavy (non-hydrogen) atoms. The molecule has 2 heterocycles. The van der Waals surface area contributed by atoms with Gasteiger partial charge in [0, 0.05) is 24.7 Å². The Morgan fingerprint density at radius 1 is 0.553 bits per heavy atom. The van der Waals surface area contributed by atoms with Gasteiger partial charge >= 0.3 is 40.8 Å². The monoisotopic (exact) mass is 640 g/mol. The van der Waals surface area contributed by atoms with Crippen LogP contribution in [-0.4, -0.2) is 51.3 Å². The number of hydrogen-bond acceptors (Lipinski definition) is 8. The van der Waals surface area contributed by atoms with Crippen LogP contribution < -0.4 is 11.3 Å². The van der Waals surface area contributed by atoms with Gasteiger partial charge in [-0.25, -0.2) is 9.59 Å². The Hall–Kier alpha value is -4.76. The Morgan fingerprint density at radius 3 is 1.21 bits per heavy atom. The van der Waals surface area contributed by atoms with E-state index in [4.69, 9.17) is 8.83 Å². The fourth-order valence-corrected chi connectivity index (χ4v) is 5.63. The number of aromatic hydroxyl groups is 2. The Balaban J connectivity index is 0.000000208. The van der Waals surface area contributed by atoms with Crippen LogP contribution in [-0.2, 0) is 9.59 Å². The summed E-state index contributed by atoms with van der Waals surface area (Å²) in [7, 11) is 0. The molecule has 0 saturated heterocycles. The van der Waals surface area contributed by atoms with Gasteiger partial charge in [-0.3, -0.25) is 9.59 Å². The third kappa shape index (κ3) is 7.97. The number of rotatable bonds is 8. The molecule has 6 aromatic rings. The van der Waals surface area contributed by atoms with Crippen molar-refractivity contribution in [3.05, 3.63) is 152 Å². The SMILES string of the molecule is CC(=O)CC(c1ccccc1)c1c(O)c2ccccc2oc1=O.CC(=O)CC(c1ccccc1)c1c(O)c2ccccc2oc1=O.[NaH]. The molecule has 9 heteroatoms. The average molecular weight is 641 g/mol. The van der Waals surface area contributed by atoms with Gasteiger partial charge in [0.1, 0.15) is 34.2 Å². The van der Waals surface area contributed by atoms with E-state index in [-0.39, 0.29) is 76.6 Å². The van der Waals surface area contributed by atoms with Crippen LogP contribution in [0.25, 0.3) is 21.9 Å². The van der Waals surface area contributed by atoms with Crippen molar-refractivity contribution >= 4 is 63.1 Å². The number of benzene rings is 4. The molecule has 2 atom stereocenters. The van der Waals surface area contributed by atoms with Crippen molar-refractivity contribution < 1.29 is 28.6 Å². The molecule has 0 amide bonds. The second-order valence-corrected chi connectivity index (χ2v) is 11.0. The van der Waals surface area contributed by atoms with Gasteiger partial charge in [0.05, 0.1) is 21.9 Å². The minimum atomic E-state index is -0.615. The van der Waals surface area contributed by atoms with Gasteiger partial charge in [-0.15, -0.1) is 0 Å². The Bertz CT molecular complexity index is 1980. The second kappa shape index (κ2) is 15.7. The number of hydrogen-bond donors (Lipinski definition) is 2. The molecule has 8 nitrogen and oxygen atoms in total. The first-order chi connectivity index (χ1) is 22.2. The Morgan fingerprint density at radius 2 is 0.872 bits per heavy atom. The second-order valence-electron chi connectivity index (χ2n) is 11.0. The van der Waals surface area contributed by atoms with E-state index < -0.39 is 23.1 Å². The molecule has 4 aromatic carbocycles. The summed E-state index contributed by atoms with van der Waals surface area (Å²) in [5, 5.41) is 22.1. The Kier molecular flexibility index (Phi) is 11.7. The summed E-state index contributed by atoms with van der Waals surface area (Å²) in [4.78, 5) is 48.2. The first kappa shape index (κ1) is 35.1.